The number of pyridine rings is 1. The van der Waals surface area contributed by atoms with Gasteiger partial charge in [-0.25, -0.2) is 12.1 Å². The summed E-state index contributed by atoms with van der Waals surface area (Å²) < 4.78 is 0. The SMILES string of the molecule is Nc1[c-]cccn1.[W]. The van der Waals surface area contributed by atoms with E-state index in [1.165, 1.54) is 0 Å². The monoisotopic (exact) mass is 277 g/mol. The summed E-state index contributed by atoms with van der Waals surface area (Å²) in [6, 6.07) is 6.20. The molecule has 0 aliphatic heterocycles. The van der Waals surface area contributed by atoms with Gasteiger partial charge in [0.05, 0.1) is 0 Å². The van der Waals surface area contributed by atoms with Crippen LogP contribution in [0.4, 0.5) is 5.82 Å². The molecule has 1 heterocycles. The van der Waals surface area contributed by atoms with Crippen molar-refractivity contribution in [2.75, 3.05) is 5.73 Å². The molecule has 0 spiro atoms. The minimum absolute atomic E-state index is 0. The van der Waals surface area contributed by atoms with E-state index in [4.69, 9.17) is 5.73 Å². The van der Waals surface area contributed by atoms with Crippen LogP contribution in [0.1, 0.15) is 0 Å². The molecule has 2 N–H and O–H groups in total. The first kappa shape index (κ1) is 7.64. The van der Waals surface area contributed by atoms with Crippen molar-refractivity contribution in [3.05, 3.63) is 24.4 Å². The first-order valence-electron chi connectivity index (χ1n) is 1.98. The van der Waals surface area contributed by atoms with Crippen molar-refractivity contribution >= 4 is 5.82 Å². The van der Waals surface area contributed by atoms with Crippen molar-refractivity contribution < 1.29 is 21.1 Å². The fourth-order valence-corrected chi connectivity index (χ4v) is 0.337. The molecular weight excluding hydrogens is 272 g/mol. The van der Waals surface area contributed by atoms with Crippen molar-refractivity contribution in [2.45, 2.75) is 0 Å². The van der Waals surface area contributed by atoms with Gasteiger partial charge in [0.15, 0.2) is 0 Å². The minimum atomic E-state index is 0. The van der Waals surface area contributed by atoms with Crippen LogP contribution in [-0.2, 0) is 21.1 Å². The molecular formula is C5H5N2W-. The van der Waals surface area contributed by atoms with E-state index in [1.54, 1.807) is 18.3 Å². The molecule has 0 saturated heterocycles. The van der Waals surface area contributed by atoms with E-state index in [2.05, 4.69) is 11.1 Å². The van der Waals surface area contributed by atoms with Crippen molar-refractivity contribution in [3.8, 4) is 0 Å². The second kappa shape index (κ2) is 3.62. The third kappa shape index (κ3) is 2.08. The molecule has 2 nitrogen and oxygen atoms in total. The number of nitrogens with zero attached hydrogens (tertiary/aromatic N) is 1. The van der Waals surface area contributed by atoms with E-state index in [0.29, 0.717) is 5.82 Å². The first-order valence-corrected chi connectivity index (χ1v) is 1.98. The van der Waals surface area contributed by atoms with E-state index in [1.807, 2.05) is 0 Å². The van der Waals surface area contributed by atoms with Crippen LogP contribution in [-0.4, -0.2) is 4.98 Å². The second-order valence-corrected chi connectivity index (χ2v) is 1.17. The molecule has 0 amide bonds. The van der Waals surface area contributed by atoms with E-state index in [-0.39, 0.29) is 21.1 Å². The van der Waals surface area contributed by atoms with Gasteiger partial charge in [-0.2, -0.15) is 6.07 Å². The van der Waals surface area contributed by atoms with Crippen molar-refractivity contribution in [2.24, 2.45) is 0 Å². The molecule has 1 aromatic heterocycles. The first-order chi connectivity index (χ1) is 3.39. The van der Waals surface area contributed by atoms with Crippen LogP contribution >= 0.6 is 0 Å². The molecule has 0 radical (unpaired) electrons. The van der Waals surface area contributed by atoms with Gasteiger partial charge >= 0.3 is 0 Å². The van der Waals surface area contributed by atoms with Gasteiger partial charge in [-0.15, -0.1) is 0 Å². The summed E-state index contributed by atoms with van der Waals surface area (Å²) in [5, 5.41) is 0. The molecule has 0 aromatic carbocycles. The number of nitrogens with two attached hydrogens (primary N) is 1. The Morgan fingerprint density at radius 2 is 2.38 bits per heavy atom. The van der Waals surface area contributed by atoms with E-state index in [0.717, 1.165) is 0 Å². The van der Waals surface area contributed by atoms with Gasteiger partial charge in [-0.05, 0) is 0 Å². The third-order valence-corrected chi connectivity index (χ3v) is 0.627. The van der Waals surface area contributed by atoms with E-state index in [9.17, 15) is 0 Å². The largest absolute Gasteiger partial charge is 0.399 e. The summed E-state index contributed by atoms with van der Waals surface area (Å²) in [5.74, 6) is 0.447. The van der Waals surface area contributed by atoms with E-state index >= 15 is 0 Å². The number of nitrogen functional groups attached to an aromatic ring is 1. The number of hydrogen-bond acceptors (Lipinski definition) is 2. The van der Waals surface area contributed by atoms with Crippen LogP contribution in [0.3, 0.4) is 0 Å². The molecule has 8 heavy (non-hydrogen) atoms. The number of rotatable bonds is 0. The zero-order valence-corrected chi connectivity index (χ0v) is 7.10. The van der Waals surface area contributed by atoms with Crippen molar-refractivity contribution in [3.63, 3.8) is 0 Å². The molecule has 0 bridgehead atoms. The Bertz CT molecular complexity index is 140. The van der Waals surface area contributed by atoms with Crippen molar-refractivity contribution in [1.29, 1.82) is 0 Å². The van der Waals surface area contributed by atoms with E-state index < -0.39 is 0 Å². The Labute approximate surface area is 62.4 Å². The zero-order chi connectivity index (χ0) is 5.11. The summed E-state index contributed by atoms with van der Waals surface area (Å²) in [5.41, 5.74) is 5.19. The zero-order valence-electron chi connectivity index (χ0n) is 4.16. The molecule has 0 saturated carbocycles. The maximum absolute atomic E-state index is 5.19. The van der Waals surface area contributed by atoms with Gasteiger partial charge in [0.1, 0.15) is 0 Å². The Balaban J connectivity index is 0.000000490. The van der Waals surface area contributed by atoms with Crippen LogP contribution in [0.2, 0.25) is 0 Å². The molecule has 1 rings (SSSR count). The fraction of sp³-hybridized carbons (Fsp3) is 0. The van der Waals surface area contributed by atoms with Gasteiger partial charge in [0, 0.05) is 26.9 Å². The van der Waals surface area contributed by atoms with Crippen LogP contribution in [0, 0.1) is 6.07 Å². The smallest absolute Gasteiger partial charge is 0.0283 e. The van der Waals surface area contributed by atoms with Crippen LogP contribution < -0.4 is 5.73 Å². The topological polar surface area (TPSA) is 38.9 Å². The van der Waals surface area contributed by atoms with Gasteiger partial charge in [-0.1, -0.05) is 6.20 Å². The standard InChI is InChI=1S/C5H5N2.W/c6-5-3-1-2-4-7-5;/h1-2,4H,(H2,6,7);/q-1;. The maximum Gasteiger partial charge on any atom is 0.0283 e. The average molecular weight is 277 g/mol. The number of anilines is 1. The predicted octanol–water partition coefficient (Wildman–Crippen LogP) is 0.461. The molecule has 1 aromatic rings. The number of aromatic nitrogens is 1. The summed E-state index contributed by atoms with van der Waals surface area (Å²) >= 11 is 0. The Morgan fingerprint density at radius 3 is 2.62 bits per heavy atom. The maximum atomic E-state index is 5.19. The molecule has 0 aliphatic rings. The Morgan fingerprint density at radius 1 is 1.62 bits per heavy atom. The van der Waals surface area contributed by atoms with Gasteiger partial charge in [0.2, 0.25) is 0 Å². The minimum Gasteiger partial charge on any atom is -0.399 e. The van der Waals surface area contributed by atoms with Gasteiger partial charge in [-0.3, -0.25) is 4.98 Å². The van der Waals surface area contributed by atoms with Crippen molar-refractivity contribution in [1.82, 2.24) is 4.98 Å². The van der Waals surface area contributed by atoms with Gasteiger partial charge in [0.25, 0.3) is 0 Å². The molecule has 42 valence electrons. The van der Waals surface area contributed by atoms with Crippen LogP contribution in [0.5, 0.6) is 0 Å². The summed E-state index contributed by atoms with van der Waals surface area (Å²) in [6.45, 7) is 0. The fourth-order valence-electron chi connectivity index (χ4n) is 0.337. The van der Waals surface area contributed by atoms with Gasteiger partial charge < -0.3 is 5.73 Å². The third-order valence-electron chi connectivity index (χ3n) is 0.627. The summed E-state index contributed by atoms with van der Waals surface area (Å²) in [4.78, 5) is 3.70. The molecule has 0 atom stereocenters. The predicted molar refractivity (Wildman–Crippen MR) is 27.5 cm³/mol. The quantitative estimate of drug-likeness (QED) is 0.700. The second-order valence-electron chi connectivity index (χ2n) is 1.17. The molecule has 3 heteroatoms. The summed E-state index contributed by atoms with van der Waals surface area (Å²) in [6.07, 6.45) is 1.63. The normalized spacial score (nSPS) is 7.50. The Hall–Kier alpha value is -0.362. The Kier molecular flexibility index (Phi) is 3.45. The van der Waals surface area contributed by atoms with Crippen LogP contribution in [0.25, 0.3) is 0 Å². The average Bonchev–Trinajstić information content (AvgIpc) is 1.69. The summed E-state index contributed by atoms with van der Waals surface area (Å²) in [7, 11) is 0. The molecule has 0 aliphatic carbocycles. The van der Waals surface area contributed by atoms with Crippen LogP contribution in [0.15, 0.2) is 18.3 Å². The number of hydrogen-bond donors (Lipinski definition) is 1. The molecule has 0 fully saturated rings. The molecule has 0 unspecified atom stereocenters.